The summed E-state index contributed by atoms with van der Waals surface area (Å²) in [4.78, 5) is 21.7. The van der Waals surface area contributed by atoms with Gasteiger partial charge in [0.1, 0.15) is 5.01 Å². The highest BCUT2D eigenvalue weighted by Gasteiger charge is 2.14. The molecule has 0 bridgehead atoms. The molecule has 3 aromatic carbocycles. The van der Waals surface area contributed by atoms with Crippen molar-refractivity contribution in [1.82, 2.24) is 15.1 Å². The van der Waals surface area contributed by atoms with Crippen molar-refractivity contribution in [2.24, 2.45) is 0 Å². The molecule has 0 spiro atoms. The van der Waals surface area contributed by atoms with Gasteiger partial charge in [0.15, 0.2) is 0 Å². The van der Waals surface area contributed by atoms with Gasteiger partial charge < -0.3 is 9.84 Å². The highest BCUT2D eigenvalue weighted by atomic mass is 35.5. The molecule has 2 aromatic heterocycles. The zero-order chi connectivity index (χ0) is 21.9. The summed E-state index contributed by atoms with van der Waals surface area (Å²) in [6.07, 6.45) is 0.562. The molecule has 0 unspecified atom stereocenters. The molecule has 0 aliphatic rings. The smallest absolute Gasteiger partial charge is 0.227 e. The average Bonchev–Trinajstić information content (AvgIpc) is 3.46. The van der Waals surface area contributed by atoms with Gasteiger partial charge in [-0.3, -0.25) is 4.79 Å². The third-order valence-electron chi connectivity index (χ3n) is 4.86. The minimum Gasteiger partial charge on any atom is -0.339 e. The maximum Gasteiger partial charge on any atom is 0.227 e. The van der Waals surface area contributed by atoms with Gasteiger partial charge in [0.05, 0.1) is 15.9 Å². The van der Waals surface area contributed by atoms with Gasteiger partial charge >= 0.3 is 0 Å². The summed E-state index contributed by atoms with van der Waals surface area (Å²) < 4.78 is 6.40. The number of hydrogen-bond acceptors (Lipinski definition) is 6. The van der Waals surface area contributed by atoms with E-state index in [-0.39, 0.29) is 12.3 Å². The number of hydrogen-bond donors (Lipinski definition) is 1. The molecule has 32 heavy (non-hydrogen) atoms. The van der Waals surface area contributed by atoms with E-state index in [0.717, 1.165) is 32.0 Å². The van der Waals surface area contributed by atoms with Crippen LogP contribution in [0.4, 0.5) is 5.69 Å². The molecule has 1 amide bonds. The molecule has 158 valence electrons. The van der Waals surface area contributed by atoms with E-state index in [4.69, 9.17) is 21.1 Å². The molecular formula is C24H17ClN4O2S. The van der Waals surface area contributed by atoms with Gasteiger partial charge in [0.25, 0.3) is 0 Å². The zero-order valence-corrected chi connectivity index (χ0v) is 18.4. The summed E-state index contributed by atoms with van der Waals surface area (Å²) in [5.74, 6) is 0.743. The first-order valence-electron chi connectivity index (χ1n) is 9.99. The lowest BCUT2D eigenvalue weighted by Gasteiger charge is -2.08. The molecule has 6 nitrogen and oxygen atoms in total. The number of carbonyl (C=O) groups excluding carboxylic acids is 1. The second kappa shape index (κ2) is 8.90. The molecule has 8 heteroatoms. The molecule has 0 radical (unpaired) electrons. The van der Waals surface area contributed by atoms with Crippen molar-refractivity contribution in [1.29, 1.82) is 0 Å². The van der Waals surface area contributed by atoms with Gasteiger partial charge in [-0.25, -0.2) is 4.98 Å². The number of nitrogens with zero attached hydrogens (tertiary/aromatic N) is 3. The largest absolute Gasteiger partial charge is 0.339 e. The monoisotopic (exact) mass is 460 g/mol. The van der Waals surface area contributed by atoms with E-state index in [1.54, 1.807) is 23.5 Å². The molecule has 0 atom stereocenters. The summed E-state index contributed by atoms with van der Waals surface area (Å²) in [6, 6.07) is 22.8. The van der Waals surface area contributed by atoms with Crippen molar-refractivity contribution in [3.63, 3.8) is 0 Å². The van der Waals surface area contributed by atoms with Crippen molar-refractivity contribution in [2.45, 2.75) is 12.8 Å². The fourth-order valence-corrected chi connectivity index (χ4v) is 4.40. The van der Waals surface area contributed by atoms with Gasteiger partial charge in [-0.2, -0.15) is 4.98 Å². The zero-order valence-electron chi connectivity index (χ0n) is 16.8. The lowest BCUT2D eigenvalue weighted by Crippen LogP contribution is -2.13. The minimum absolute atomic E-state index is 0.134. The molecule has 0 saturated carbocycles. The molecule has 2 heterocycles. The maximum absolute atomic E-state index is 12.6. The topological polar surface area (TPSA) is 80.9 Å². The van der Waals surface area contributed by atoms with Crippen LogP contribution in [0.5, 0.6) is 0 Å². The van der Waals surface area contributed by atoms with Gasteiger partial charge in [-0.15, -0.1) is 11.3 Å². The van der Waals surface area contributed by atoms with Crippen LogP contribution in [-0.2, 0) is 11.2 Å². The van der Waals surface area contributed by atoms with E-state index in [9.17, 15) is 4.79 Å². The Bertz CT molecular complexity index is 1360. The highest BCUT2D eigenvalue weighted by Crippen LogP contribution is 2.34. The van der Waals surface area contributed by atoms with Crippen molar-refractivity contribution < 1.29 is 9.32 Å². The fraction of sp³-hybridized carbons (Fsp3) is 0.0833. The summed E-state index contributed by atoms with van der Waals surface area (Å²) in [5.41, 5.74) is 3.37. The van der Waals surface area contributed by atoms with Crippen LogP contribution in [0, 0.1) is 0 Å². The Morgan fingerprint density at radius 3 is 2.59 bits per heavy atom. The first kappa shape index (κ1) is 20.4. The van der Waals surface area contributed by atoms with Gasteiger partial charge in [0, 0.05) is 29.0 Å². The summed E-state index contributed by atoms with van der Waals surface area (Å²) in [5, 5.41) is 8.48. The second-order valence-corrected chi connectivity index (χ2v) is 8.57. The number of aromatic nitrogens is 3. The number of para-hydroxylation sites is 2. The van der Waals surface area contributed by atoms with Crippen molar-refractivity contribution in [3.8, 4) is 22.0 Å². The quantitative estimate of drug-likeness (QED) is 0.324. The van der Waals surface area contributed by atoms with Crippen LogP contribution in [0.3, 0.4) is 0 Å². The summed E-state index contributed by atoms with van der Waals surface area (Å²) in [6.45, 7) is 0. The van der Waals surface area contributed by atoms with Crippen molar-refractivity contribution in [3.05, 3.63) is 83.7 Å². The van der Waals surface area contributed by atoms with E-state index >= 15 is 0 Å². The minimum atomic E-state index is -0.134. The third kappa shape index (κ3) is 4.39. The average molecular weight is 461 g/mol. The van der Waals surface area contributed by atoms with Crippen LogP contribution in [0.1, 0.15) is 12.3 Å². The SMILES string of the molecule is O=C(CCc1nc(-c2ccc(Cl)cc2)no1)Nc1ccccc1-c1nc2ccccc2s1. The molecule has 0 aliphatic carbocycles. The highest BCUT2D eigenvalue weighted by molar-refractivity contribution is 7.21. The fourth-order valence-electron chi connectivity index (χ4n) is 3.27. The number of aryl methyl sites for hydroxylation is 1. The number of amides is 1. The third-order valence-corrected chi connectivity index (χ3v) is 6.18. The predicted octanol–water partition coefficient (Wildman–Crippen LogP) is 6.24. The van der Waals surface area contributed by atoms with Crippen molar-refractivity contribution >= 4 is 44.7 Å². The van der Waals surface area contributed by atoms with Crippen LogP contribution in [0.15, 0.2) is 77.3 Å². The Balaban J connectivity index is 1.27. The number of fused-ring (bicyclic) bond motifs is 1. The lowest BCUT2D eigenvalue weighted by atomic mass is 10.1. The Hall–Kier alpha value is -3.55. The van der Waals surface area contributed by atoms with Crippen LogP contribution in [0.25, 0.3) is 32.2 Å². The molecule has 5 aromatic rings. The summed E-state index contributed by atoms with van der Waals surface area (Å²) >= 11 is 7.51. The Morgan fingerprint density at radius 1 is 0.969 bits per heavy atom. The van der Waals surface area contributed by atoms with Gasteiger partial charge in [-0.1, -0.05) is 41.0 Å². The number of halogens is 1. The van der Waals surface area contributed by atoms with Crippen molar-refractivity contribution in [2.75, 3.05) is 5.32 Å². The molecule has 5 rings (SSSR count). The van der Waals surface area contributed by atoms with Gasteiger partial charge in [-0.05, 0) is 48.5 Å². The standard InChI is InChI=1S/C24H17ClN4O2S/c25-16-11-9-15(10-12-16)23-28-22(31-29-23)14-13-21(30)26-18-6-2-1-5-17(18)24-27-19-7-3-4-8-20(19)32-24/h1-12H,13-14H2,(H,26,30). The number of benzene rings is 3. The van der Waals surface area contributed by atoms with Crippen LogP contribution >= 0.6 is 22.9 Å². The first-order valence-corrected chi connectivity index (χ1v) is 11.2. The normalized spacial score (nSPS) is 11.0. The van der Waals surface area contributed by atoms with Crippen LogP contribution in [0.2, 0.25) is 5.02 Å². The first-order chi connectivity index (χ1) is 15.7. The number of nitrogens with one attached hydrogen (secondary N) is 1. The van der Waals surface area contributed by atoms with Gasteiger partial charge in [0.2, 0.25) is 17.6 Å². The molecular weight excluding hydrogens is 444 g/mol. The lowest BCUT2D eigenvalue weighted by molar-refractivity contribution is -0.116. The Morgan fingerprint density at radius 2 is 1.75 bits per heavy atom. The number of carbonyl (C=O) groups is 1. The molecule has 0 aliphatic heterocycles. The molecule has 0 saturated heterocycles. The van der Waals surface area contributed by atoms with E-state index in [1.165, 1.54) is 0 Å². The number of rotatable bonds is 6. The number of thiazole rings is 1. The van der Waals surface area contributed by atoms with E-state index < -0.39 is 0 Å². The number of anilines is 1. The maximum atomic E-state index is 12.6. The molecule has 0 fully saturated rings. The van der Waals surface area contributed by atoms with E-state index in [2.05, 4.69) is 15.5 Å². The molecule has 1 N–H and O–H groups in total. The van der Waals surface area contributed by atoms with Crippen LogP contribution in [-0.4, -0.2) is 21.0 Å². The Labute approximate surface area is 192 Å². The second-order valence-electron chi connectivity index (χ2n) is 7.10. The summed E-state index contributed by atoms with van der Waals surface area (Å²) in [7, 11) is 0. The Kier molecular flexibility index (Phi) is 5.66. The van der Waals surface area contributed by atoms with Crippen LogP contribution < -0.4 is 5.32 Å². The van der Waals surface area contributed by atoms with E-state index in [0.29, 0.717) is 23.2 Å². The van der Waals surface area contributed by atoms with E-state index in [1.807, 2.05) is 60.7 Å². The predicted molar refractivity (Wildman–Crippen MR) is 127 cm³/mol.